The molecular weight excluding hydrogens is 373 g/mol. The first-order valence-corrected chi connectivity index (χ1v) is 8.88. The van der Waals surface area contributed by atoms with Gasteiger partial charge in [-0.3, -0.25) is 4.79 Å². The molecule has 1 fully saturated rings. The van der Waals surface area contributed by atoms with Gasteiger partial charge in [0, 0.05) is 48.9 Å². The molecule has 1 aromatic heterocycles. The molecule has 8 heteroatoms. The fraction of sp³-hybridized carbons (Fsp3) is 0.474. The van der Waals surface area contributed by atoms with Crippen LogP contribution in [0.2, 0.25) is 0 Å². The summed E-state index contributed by atoms with van der Waals surface area (Å²) < 4.78 is 16.9. The van der Waals surface area contributed by atoms with Crippen molar-refractivity contribution in [2.75, 3.05) is 31.6 Å². The number of nitrogens with zero attached hydrogens (tertiary/aromatic N) is 3. The molecule has 1 aromatic carbocycles. The second-order valence-electron chi connectivity index (χ2n) is 7.49. The van der Waals surface area contributed by atoms with Crippen LogP contribution in [0.1, 0.15) is 35.8 Å². The minimum atomic E-state index is -1.28. The standard InChI is InChI=1S/C19H22FN3O3.ClH/c1-10-6-12-16-13(18(24)14(19(25)26)9-23(10)16)7-15(20)17(12)22-5-4-21(3)11(2)8-22;/h7,9-11H,4-6,8H2,1-3H3,(H,25,26);1H/t10?,11-;/m0./s1. The monoisotopic (exact) mass is 395 g/mol. The number of hydrogen-bond donors (Lipinski definition) is 1. The lowest BCUT2D eigenvalue weighted by atomic mass is 10.0. The van der Waals surface area contributed by atoms with E-state index in [0.717, 1.165) is 25.2 Å². The van der Waals surface area contributed by atoms with E-state index in [-0.39, 0.29) is 29.4 Å². The molecule has 0 saturated carbocycles. The van der Waals surface area contributed by atoms with E-state index in [0.29, 0.717) is 23.7 Å². The molecule has 2 aromatic rings. The molecule has 3 heterocycles. The number of aromatic carboxylic acids is 1. The van der Waals surface area contributed by atoms with Gasteiger partial charge < -0.3 is 19.5 Å². The lowest BCUT2D eigenvalue weighted by Crippen LogP contribution is -2.50. The number of anilines is 1. The highest BCUT2D eigenvalue weighted by Crippen LogP contribution is 2.40. The molecule has 0 radical (unpaired) electrons. The fourth-order valence-electron chi connectivity index (χ4n) is 4.24. The highest BCUT2D eigenvalue weighted by atomic mass is 35.5. The molecule has 1 unspecified atom stereocenters. The van der Waals surface area contributed by atoms with E-state index in [1.807, 2.05) is 11.5 Å². The molecule has 2 atom stereocenters. The van der Waals surface area contributed by atoms with Gasteiger partial charge in [0.25, 0.3) is 0 Å². The average Bonchev–Trinajstić information content (AvgIpc) is 2.90. The summed E-state index contributed by atoms with van der Waals surface area (Å²) in [5.41, 5.74) is 1.14. The minimum Gasteiger partial charge on any atom is -0.477 e. The number of carboxylic acids is 1. The normalized spacial score (nSPS) is 22.1. The Balaban J connectivity index is 0.00000210. The summed E-state index contributed by atoms with van der Waals surface area (Å²) >= 11 is 0. The zero-order valence-electron chi connectivity index (χ0n) is 15.5. The summed E-state index contributed by atoms with van der Waals surface area (Å²) in [6.45, 7) is 6.37. The smallest absolute Gasteiger partial charge is 0.341 e. The van der Waals surface area contributed by atoms with Crippen LogP contribution in [0.5, 0.6) is 0 Å². The van der Waals surface area contributed by atoms with E-state index in [9.17, 15) is 14.7 Å². The van der Waals surface area contributed by atoms with Gasteiger partial charge in [0.05, 0.1) is 11.2 Å². The molecule has 4 rings (SSSR count). The van der Waals surface area contributed by atoms with E-state index >= 15 is 4.39 Å². The van der Waals surface area contributed by atoms with Crippen LogP contribution in [0.15, 0.2) is 17.1 Å². The predicted octanol–water partition coefficient (Wildman–Crippen LogP) is 2.52. The summed E-state index contributed by atoms with van der Waals surface area (Å²) in [6, 6.07) is 1.51. The van der Waals surface area contributed by atoms with Crippen molar-refractivity contribution in [3.8, 4) is 0 Å². The number of rotatable bonds is 2. The maximum absolute atomic E-state index is 15.1. The van der Waals surface area contributed by atoms with Gasteiger partial charge in [-0.15, -0.1) is 12.4 Å². The first-order valence-electron chi connectivity index (χ1n) is 8.88. The van der Waals surface area contributed by atoms with Gasteiger partial charge in [0.1, 0.15) is 11.4 Å². The maximum atomic E-state index is 15.1. The van der Waals surface area contributed by atoms with Crippen molar-refractivity contribution in [1.29, 1.82) is 0 Å². The number of halogens is 2. The Labute approximate surface area is 162 Å². The molecule has 146 valence electrons. The van der Waals surface area contributed by atoms with Crippen LogP contribution in [0.4, 0.5) is 10.1 Å². The Kier molecular flexibility index (Phi) is 4.94. The quantitative estimate of drug-likeness (QED) is 0.846. The average molecular weight is 396 g/mol. The van der Waals surface area contributed by atoms with Gasteiger partial charge >= 0.3 is 5.97 Å². The second kappa shape index (κ2) is 6.80. The Bertz CT molecular complexity index is 991. The van der Waals surface area contributed by atoms with Crippen molar-refractivity contribution < 1.29 is 14.3 Å². The highest BCUT2D eigenvalue weighted by Gasteiger charge is 2.32. The molecule has 2 aliphatic heterocycles. The molecule has 0 aliphatic carbocycles. The third kappa shape index (κ3) is 2.89. The van der Waals surface area contributed by atoms with E-state index in [1.165, 1.54) is 12.3 Å². The zero-order chi connectivity index (χ0) is 18.7. The van der Waals surface area contributed by atoms with Crippen LogP contribution >= 0.6 is 12.4 Å². The van der Waals surface area contributed by atoms with E-state index in [1.54, 1.807) is 0 Å². The van der Waals surface area contributed by atoms with Crippen LogP contribution in [0.25, 0.3) is 10.9 Å². The van der Waals surface area contributed by atoms with Gasteiger partial charge in [-0.25, -0.2) is 9.18 Å². The number of likely N-dealkylation sites (N-methyl/N-ethyl adjacent to an activating group) is 1. The van der Waals surface area contributed by atoms with Gasteiger partial charge in [0.2, 0.25) is 5.43 Å². The van der Waals surface area contributed by atoms with Gasteiger partial charge in [-0.05, 0) is 33.4 Å². The van der Waals surface area contributed by atoms with Gasteiger partial charge in [-0.1, -0.05) is 0 Å². The van der Waals surface area contributed by atoms with Gasteiger partial charge in [0.15, 0.2) is 0 Å². The molecule has 1 N–H and O–H groups in total. The number of aromatic nitrogens is 1. The first-order chi connectivity index (χ1) is 12.3. The second-order valence-corrected chi connectivity index (χ2v) is 7.49. The van der Waals surface area contributed by atoms with Crippen molar-refractivity contribution in [2.45, 2.75) is 32.4 Å². The van der Waals surface area contributed by atoms with E-state index in [4.69, 9.17) is 0 Å². The van der Waals surface area contributed by atoms with Crippen LogP contribution in [-0.4, -0.2) is 53.3 Å². The SMILES string of the molecule is CC1Cc2c(N3CCN(C)[C@@H](C)C3)c(F)cc3c(=O)c(C(=O)O)cn1c23.Cl. The number of pyridine rings is 1. The van der Waals surface area contributed by atoms with Crippen molar-refractivity contribution in [1.82, 2.24) is 9.47 Å². The van der Waals surface area contributed by atoms with E-state index < -0.39 is 17.2 Å². The maximum Gasteiger partial charge on any atom is 0.341 e. The van der Waals surface area contributed by atoms with Crippen molar-refractivity contribution in [3.63, 3.8) is 0 Å². The number of hydrogen-bond acceptors (Lipinski definition) is 4. The predicted molar refractivity (Wildman–Crippen MR) is 105 cm³/mol. The fourth-order valence-corrected chi connectivity index (χ4v) is 4.24. The van der Waals surface area contributed by atoms with Crippen molar-refractivity contribution >= 4 is 35.0 Å². The number of carbonyl (C=O) groups is 1. The Morgan fingerprint density at radius 1 is 1.26 bits per heavy atom. The van der Waals surface area contributed by atoms with Crippen LogP contribution in [0, 0.1) is 5.82 Å². The Morgan fingerprint density at radius 2 is 1.96 bits per heavy atom. The molecule has 0 spiro atoms. The highest BCUT2D eigenvalue weighted by molar-refractivity contribution is 5.96. The minimum absolute atomic E-state index is 0. The summed E-state index contributed by atoms with van der Waals surface area (Å²) in [4.78, 5) is 28.3. The Morgan fingerprint density at radius 3 is 2.59 bits per heavy atom. The first kappa shape index (κ1) is 19.6. The summed E-state index contributed by atoms with van der Waals surface area (Å²) in [6.07, 6.45) is 2.00. The molecule has 6 nitrogen and oxygen atoms in total. The third-order valence-corrected chi connectivity index (χ3v) is 5.82. The lowest BCUT2D eigenvalue weighted by Gasteiger charge is -2.39. The number of benzene rings is 1. The zero-order valence-corrected chi connectivity index (χ0v) is 16.3. The molecule has 27 heavy (non-hydrogen) atoms. The van der Waals surface area contributed by atoms with Crippen LogP contribution in [0.3, 0.4) is 0 Å². The third-order valence-electron chi connectivity index (χ3n) is 5.82. The Hall–Kier alpha value is -2.12. The van der Waals surface area contributed by atoms with Crippen LogP contribution < -0.4 is 10.3 Å². The summed E-state index contributed by atoms with van der Waals surface area (Å²) in [5.74, 6) is -1.72. The van der Waals surface area contributed by atoms with Gasteiger partial charge in [-0.2, -0.15) is 0 Å². The lowest BCUT2D eigenvalue weighted by molar-refractivity contribution is 0.0694. The molecule has 1 saturated heterocycles. The van der Waals surface area contributed by atoms with Crippen LogP contribution in [-0.2, 0) is 6.42 Å². The molecule has 0 bridgehead atoms. The number of piperazine rings is 1. The summed E-state index contributed by atoms with van der Waals surface area (Å²) in [7, 11) is 2.06. The molecular formula is C19H23ClFN3O3. The largest absolute Gasteiger partial charge is 0.477 e. The number of carboxylic acid groups (broad SMARTS) is 1. The summed E-state index contributed by atoms with van der Waals surface area (Å²) in [5, 5.41) is 9.47. The topological polar surface area (TPSA) is 65.8 Å². The molecule has 2 aliphatic rings. The van der Waals surface area contributed by atoms with E-state index in [2.05, 4.69) is 23.8 Å². The van der Waals surface area contributed by atoms with Crippen molar-refractivity contribution in [3.05, 3.63) is 39.4 Å². The molecule has 0 amide bonds. The van der Waals surface area contributed by atoms with Crippen molar-refractivity contribution in [2.24, 2.45) is 0 Å².